The Bertz CT molecular complexity index is 1360. The number of ketones is 1. The van der Waals surface area contributed by atoms with Crippen molar-refractivity contribution in [2.45, 2.75) is 49.6 Å². The van der Waals surface area contributed by atoms with Gasteiger partial charge in [-0.1, -0.05) is 0 Å². The van der Waals surface area contributed by atoms with Crippen molar-refractivity contribution < 1.29 is 14.7 Å². The van der Waals surface area contributed by atoms with E-state index in [9.17, 15) is 14.7 Å². The van der Waals surface area contributed by atoms with Crippen molar-refractivity contribution in [3.63, 3.8) is 0 Å². The van der Waals surface area contributed by atoms with Crippen LogP contribution < -0.4 is 5.73 Å². The van der Waals surface area contributed by atoms with Crippen LogP contribution >= 0.6 is 0 Å². The molecule has 5 fully saturated rings. The largest absolute Gasteiger partial charge is 0.387 e. The molecule has 10 nitrogen and oxygen atoms in total. The Balaban J connectivity index is 1.37. The van der Waals surface area contributed by atoms with Crippen molar-refractivity contribution in [2.24, 2.45) is 12.5 Å². The number of fused-ring (bicyclic) bond motifs is 3. The number of aliphatic hydroxyl groups excluding tert-OH is 1. The minimum absolute atomic E-state index is 0.0266. The standard InChI is InChI=1S/C22H23N7O3/c1-11(31)16-17(12-3-21-9-20(21)10-22(20,4-12)29(21)15(32)8-30)26-19-14(6-25-28(19)18(16)23)13-5-24-27(2)7-13/h5-7,12,30H,3-4,8-10,23H2,1-2H3/t12?,20?,21-,22?/m0/s1. The molecule has 2 aliphatic heterocycles. The van der Waals surface area contributed by atoms with Crippen LogP contribution in [0.25, 0.3) is 16.8 Å². The van der Waals surface area contributed by atoms with Crippen molar-refractivity contribution in [3.8, 4) is 11.1 Å². The van der Waals surface area contributed by atoms with E-state index < -0.39 is 6.61 Å². The number of anilines is 1. The van der Waals surface area contributed by atoms with Gasteiger partial charge in [0, 0.05) is 35.7 Å². The number of hydrogen-bond donors (Lipinski definition) is 2. The summed E-state index contributed by atoms with van der Waals surface area (Å²) < 4.78 is 3.25. The van der Waals surface area contributed by atoms with Gasteiger partial charge >= 0.3 is 0 Å². The molecule has 10 heteroatoms. The van der Waals surface area contributed by atoms with E-state index in [2.05, 4.69) is 10.2 Å². The van der Waals surface area contributed by atoms with Gasteiger partial charge in [0.05, 0.1) is 34.7 Å². The molecule has 8 rings (SSSR count). The first-order valence-electron chi connectivity index (χ1n) is 10.9. The molecular weight excluding hydrogens is 410 g/mol. The summed E-state index contributed by atoms with van der Waals surface area (Å²) in [5.74, 6) is 0.000851. The maximum Gasteiger partial charge on any atom is 0.249 e. The van der Waals surface area contributed by atoms with Gasteiger partial charge in [0.15, 0.2) is 11.4 Å². The number of amides is 1. The molecule has 5 heterocycles. The third kappa shape index (κ3) is 1.74. The normalized spacial score (nSPS) is 33.5. The molecule has 3 aliphatic carbocycles. The molecule has 3 aromatic heterocycles. The van der Waals surface area contributed by atoms with Gasteiger partial charge in [-0.25, -0.2) is 4.98 Å². The second kappa shape index (κ2) is 5.20. The average Bonchev–Trinajstić information content (AvgIpc) is 3.26. The van der Waals surface area contributed by atoms with E-state index in [1.54, 1.807) is 17.1 Å². The predicted molar refractivity (Wildman–Crippen MR) is 113 cm³/mol. The number of aliphatic hydroxyl groups is 1. The highest BCUT2D eigenvalue weighted by Crippen LogP contribution is 2.97. The molecule has 164 valence electrons. The van der Waals surface area contributed by atoms with Crippen LogP contribution in [0.1, 0.15) is 54.6 Å². The number of nitrogens with zero attached hydrogens (tertiary/aromatic N) is 6. The minimum atomic E-state index is -0.454. The minimum Gasteiger partial charge on any atom is -0.387 e. The van der Waals surface area contributed by atoms with Crippen molar-refractivity contribution >= 4 is 23.2 Å². The number of aryl methyl sites for hydroxylation is 1. The van der Waals surface area contributed by atoms with Crippen LogP contribution in [-0.4, -0.2) is 63.8 Å². The zero-order chi connectivity index (χ0) is 22.2. The lowest BCUT2D eigenvalue weighted by Gasteiger charge is -2.55. The molecule has 3 saturated carbocycles. The number of Topliss-reactive ketones (excluding diaryl/α,β-unsaturated/α-hetero) is 1. The molecule has 3 unspecified atom stereocenters. The molecule has 0 aromatic carbocycles. The molecular formula is C22H23N7O3. The fourth-order valence-electron chi connectivity index (χ4n) is 7.48. The highest BCUT2D eigenvalue weighted by atomic mass is 16.3. The average molecular weight is 433 g/mol. The maximum absolute atomic E-state index is 12.7. The zero-order valence-electron chi connectivity index (χ0n) is 17.9. The SMILES string of the molecule is CC(=O)c1c(C2CC34CC35C[C@]5(C2)N4C(=O)CO)nc2c(-c3cnn(C)c3)cnn2c1N. The summed E-state index contributed by atoms with van der Waals surface area (Å²) in [6.07, 6.45) is 8.82. The fraction of sp³-hybridized carbons (Fsp3) is 0.500. The van der Waals surface area contributed by atoms with Crippen molar-refractivity contribution in [1.82, 2.24) is 29.3 Å². The smallest absolute Gasteiger partial charge is 0.249 e. The molecule has 32 heavy (non-hydrogen) atoms. The van der Waals surface area contributed by atoms with Gasteiger partial charge in [0.25, 0.3) is 0 Å². The Kier molecular flexibility index (Phi) is 2.98. The summed E-state index contributed by atoms with van der Waals surface area (Å²) in [4.78, 5) is 32.1. The van der Waals surface area contributed by atoms with Crippen LogP contribution in [0.5, 0.6) is 0 Å². The van der Waals surface area contributed by atoms with Crippen LogP contribution in [0.2, 0.25) is 0 Å². The van der Waals surface area contributed by atoms with Crippen molar-refractivity contribution in [1.29, 1.82) is 0 Å². The molecule has 2 bridgehead atoms. The summed E-state index contributed by atoms with van der Waals surface area (Å²) in [5.41, 5.74) is 9.76. The maximum atomic E-state index is 12.7. The lowest BCUT2D eigenvalue weighted by molar-refractivity contribution is -0.156. The van der Waals surface area contributed by atoms with Crippen LogP contribution in [0.15, 0.2) is 18.6 Å². The van der Waals surface area contributed by atoms with Crippen LogP contribution in [0.3, 0.4) is 0 Å². The van der Waals surface area contributed by atoms with Crippen LogP contribution in [0, 0.1) is 5.41 Å². The summed E-state index contributed by atoms with van der Waals surface area (Å²) in [6.45, 7) is 1.05. The highest BCUT2D eigenvalue weighted by molar-refractivity contribution is 6.00. The Hall–Kier alpha value is -3.27. The molecule has 2 saturated heterocycles. The van der Waals surface area contributed by atoms with E-state index in [0.29, 0.717) is 22.7 Å². The number of rotatable bonds is 4. The van der Waals surface area contributed by atoms with Crippen LogP contribution in [0.4, 0.5) is 5.82 Å². The first-order valence-corrected chi connectivity index (χ1v) is 10.9. The quantitative estimate of drug-likeness (QED) is 0.584. The van der Waals surface area contributed by atoms with E-state index in [4.69, 9.17) is 10.7 Å². The molecule has 3 spiro atoms. The van der Waals surface area contributed by atoms with Gasteiger partial charge in [-0.2, -0.15) is 14.7 Å². The summed E-state index contributed by atoms with van der Waals surface area (Å²) in [7, 11) is 1.85. The lowest BCUT2D eigenvalue weighted by Crippen LogP contribution is -2.65. The molecule has 3 aromatic rings. The van der Waals surface area contributed by atoms with E-state index in [-0.39, 0.29) is 34.1 Å². The number of hydrogen-bond acceptors (Lipinski definition) is 7. The van der Waals surface area contributed by atoms with E-state index in [1.807, 2.05) is 18.1 Å². The number of nitrogens with two attached hydrogens (primary N) is 1. The second-order valence-electron chi connectivity index (χ2n) is 10.0. The van der Waals surface area contributed by atoms with Gasteiger partial charge in [-0.15, -0.1) is 0 Å². The Morgan fingerprint density at radius 1 is 1.22 bits per heavy atom. The topological polar surface area (TPSA) is 132 Å². The third-order valence-corrected chi connectivity index (χ3v) is 8.59. The zero-order valence-corrected chi connectivity index (χ0v) is 17.9. The van der Waals surface area contributed by atoms with Gasteiger partial charge in [0.1, 0.15) is 12.4 Å². The monoisotopic (exact) mass is 433 g/mol. The summed E-state index contributed by atoms with van der Waals surface area (Å²) >= 11 is 0. The summed E-state index contributed by atoms with van der Waals surface area (Å²) in [6, 6.07) is 0. The third-order valence-electron chi connectivity index (χ3n) is 8.59. The molecule has 4 atom stereocenters. The highest BCUT2D eigenvalue weighted by Gasteiger charge is 3.03. The molecule has 3 N–H and O–H groups in total. The van der Waals surface area contributed by atoms with Gasteiger partial charge in [-0.3, -0.25) is 14.3 Å². The summed E-state index contributed by atoms with van der Waals surface area (Å²) in [5, 5.41) is 18.1. The number of piperidine rings is 2. The molecule has 0 radical (unpaired) electrons. The Labute approximate surface area is 183 Å². The van der Waals surface area contributed by atoms with Crippen molar-refractivity contribution in [3.05, 3.63) is 29.8 Å². The van der Waals surface area contributed by atoms with Gasteiger partial charge < -0.3 is 15.7 Å². The fourth-order valence-corrected chi connectivity index (χ4v) is 7.48. The predicted octanol–water partition coefficient (Wildman–Crippen LogP) is 0.898. The second-order valence-corrected chi connectivity index (χ2v) is 10.0. The number of nitrogen functional groups attached to an aromatic ring is 1. The first kappa shape index (κ1) is 18.3. The van der Waals surface area contributed by atoms with E-state index in [1.165, 1.54) is 11.4 Å². The van der Waals surface area contributed by atoms with Crippen LogP contribution in [-0.2, 0) is 11.8 Å². The van der Waals surface area contributed by atoms with E-state index in [0.717, 1.165) is 36.8 Å². The first-order chi connectivity index (χ1) is 15.3. The Morgan fingerprint density at radius 2 is 1.94 bits per heavy atom. The van der Waals surface area contributed by atoms with Crippen molar-refractivity contribution in [2.75, 3.05) is 12.3 Å². The molecule has 5 aliphatic rings. The Morgan fingerprint density at radius 3 is 2.53 bits per heavy atom. The van der Waals surface area contributed by atoms with E-state index >= 15 is 0 Å². The number of carbonyl (C=O) groups is 2. The number of carbonyl (C=O) groups excluding carboxylic acids is 2. The number of aromatic nitrogens is 5. The lowest BCUT2D eigenvalue weighted by atomic mass is 9.71. The van der Waals surface area contributed by atoms with Gasteiger partial charge in [-0.05, 0) is 32.6 Å². The molecule has 1 amide bonds. The van der Waals surface area contributed by atoms with Gasteiger partial charge in [0.2, 0.25) is 5.91 Å².